The number of rotatable bonds is 5. The number of hydrogen-bond acceptors (Lipinski definition) is 3. The lowest BCUT2D eigenvalue weighted by atomic mass is 10.2. The van der Waals surface area contributed by atoms with Gasteiger partial charge in [0.05, 0.1) is 0 Å². The van der Waals surface area contributed by atoms with Crippen LogP contribution in [-0.4, -0.2) is 18.6 Å². The zero-order valence-corrected chi connectivity index (χ0v) is 8.77. The van der Waals surface area contributed by atoms with Crippen LogP contribution in [0.25, 0.3) is 0 Å². The Labute approximate surface area is 89.2 Å². The molecule has 1 amide bonds. The number of carbonyl (C=O) groups is 1. The number of primary amides is 1. The summed E-state index contributed by atoms with van der Waals surface area (Å²) in [6.45, 7) is 2.44. The van der Waals surface area contributed by atoms with E-state index in [1.165, 1.54) is 0 Å². The second-order valence-electron chi connectivity index (χ2n) is 3.37. The molecule has 0 aliphatic heterocycles. The van der Waals surface area contributed by atoms with Gasteiger partial charge in [-0.2, -0.15) is 0 Å². The molecule has 15 heavy (non-hydrogen) atoms. The molecule has 0 fully saturated rings. The number of carbonyl (C=O) groups excluding carboxylic acids is 1. The summed E-state index contributed by atoms with van der Waals surface area (Å²) in [5.41, 5.74) is 11.3. The van der Waals surface area contributed by atoms with Gasteiger partial charge < -0.3 is 16.2 Å². The molecule has 0 bridgehead atoms. The molecule has 0 aliphatic rings. The third-order valence-electron chi connectivity index (χ3n) is 2.11. The van der Waals surface area contributed by atoms with E-state index >= 15 is 0 Å². The Morgan fingerprint density at radius 1 is 1.53 bits per heavy atom. The van der Waals surface area contributed by atoms with Gasteiger partial charge in [-0.05, 0) is 24.6 Å². The summed E-state index contributed by atoms with van der Waals surface area (Å²) >= 11 is 0. The van der Waals surface area contributed by atoms with Crippen molar-refractivity contribution in [1.29, 1.82) is 0 Å². The molecule has 1 rings (SSSR count). The fourth-order valence-corrected chi connectivity index (χ4v) is 1.06. The molecular weight excluding hydrogens is 192 g/mol. The summed E-state index contributed by atoms with van der Waals surface area (Å²) in [4.78, 5) is 10.9. The van der Waals surface area contributed by atoms with Crippen molar-refractivity contribution in [2.75, 3.05) is 6.61 Å². The number of ether oxygens (including phenoxy) is 1. The standard InChI is InChI=1S/C11H16N2O2/c1-2-9(12)7-15-10-5-3-4-8(6-10)11(13)14/h3-6,9H,2,7,12H2,1H3,(H2,13,14). The quantitative estimate of drug-likeness (QED) is 0.754. The Morgan fingerprint density at radius 2 is 2.27 bits per heavy atom. The smallest absolute Gasteiger partial charge is 0.248 e. The second-order valence-corrected chi connectivity index (χ2v) is 3.37. The largest absolute Gasteiger partial charge is 0.492 e. The van der Waals surface area contributed by atoms with Crippen LogP contribution >= 0.6 is 0 Å². The average molecular weight is 208 g/mol. The normalized spacial score (nSPS) is 12.1. The first-order valence-electron chi connectivity index (χ1n) is 4.91. The average Bonchev–Trinajstić information content (AvgIpc) is 2.26. The molecule has 1 unspecified atom stereocenters. The van der Waals surface area contributed by atoms with Gasteiger partial charge in [0.2, 0.25) is 5.91 Å². The van der Waals surface area contributed by atoms with Gasteiger partial charge in [0.15, 0.2) is 0 Å². The van der Waals surface area contributed by atoms with Crippen molar-refractivity contribution in [3.63, 3.8) is 0 Å². The number of hydrogen-bond donors (Lipinski definition) is 2. The van der Waals surface area contributed by atoms with Gasteiger partial charge in [-0.25, -0.2) is 0 Å². The molecule has 4 heteroatoms. The zero-order chi connectivity index (χ0) is 11.3. The van der Waals surface area contributed by atoms with E-state index in [-0.39, 0.29) is 6.04 Å². The van der Waals surface area contributed by atoms with E-state index in [0.29, 0.717) is 17.9 Å². The summed E-state index contributed by atoms with van der Waals surface area (Å²) in [6.07, 6.45) is 0.857. The number of nitrogens with two attached hydrogens (primary N) is 2. The molecule has 0 aliphatic carbocycles. The minimum atomic E-state index is -0.458. The van der Waals surface area contributed by atoms with Crippen molar-refractivity contribution in [3.05, 3.63) is 29.8 Å². The third-order valence-corrected chi connectivity index (χ3v) is 2.11. The maximum Gasteiger partial charge on any atom is 0.248 e. The Hall–Kier alpha value is -1.55. The van der Waals surface area contributed by atoms with Gasteiger partial charge in [0.1, 0.15) is 12.4 Å². The number of amides is 1. The molecule has 4 N–H and O–H groups in total. The lowest BCUT2D eigenvalue weighted by molar-refractivity contribution is 0.1000. The first-order valence-corrected chi connectivity index (χ1v) is 4.91. The van der Waals surface area contributed by atoms with Crippen molar-refractivity contribution in [2.24, 2.45) is 11.5 Å². The van der Waals surface area contributed by atoms with Crippen LogP contribution in [0, 0.1) is 0 Å². The van der Waals surface area contributed by atoms with Crippen molar-refractivity contribution in [3.8, 4) is 5.75 Å². The van der Waals surface area contributed by atoms with Gasteiger partial charge in [-0.1, -0.05) is 13.0 Å². The van der Waals surface area contributed by atoms with Crippen LogP contribution in [0.2, 0.25) is 0 Å². The maximum absolute atomic E-state index is 10.9. The monoisotopic (exact) mass is 208 g/mol. The summed E-state index contributed by atoms with van der Waals surface area (Å²) < 4.78 is 5.42. The van der Waals surface area contributed by atoms with Crippen LogP contribution in [0.1, 0.15) is 23.7 Å². The highest BCUT2D eigenvalue weighted by Gasteiger charge is 2.03. The molecular formula is C11H16N2O2. The Kier molecular flexibility index (Phi) is 4.12. The van der Waals surface area contributed by atoms with Gasteiger partial charge in [-0.15, -0.1) is 0 Å². The van der Waals surface area contributed by atoms with E-state index in [1.807, 2.05) is 6.92 Å². The van der Waals surface area contributed by atoms with Crippen molar-refractivity contribution >= 4 is 5.91 Å². The van der Waals surface area contributed by atoms with Crippen LogP contribution in [0.4, 0.5) is 0 Å². The lowest BCUT2D eigenvalue weighted by Crippen LogP contribution is -2.26. The molecule has 0 aromatic heterocycles. The van der Waals surface area contributed by atoms with Gasteiger partial charge in [0, 0.05) is 11.6 Å². The van der Waals surface area contributed by atoms with Crippen molar-refractivity contribution in [1.82, 2.24) is 0 Å². The predicted molar refractivity (Wildman–Crippen MR) is 58.7 cm³/mol. The highest BCUT2D eigenvalue weighted by Crippen LogP contribution is 2.13. The topological polar surface area (TPSA) is 78.3 Å². The van der Waals surface area contributed by atoms with Gasteiger partial charge >= 0.3 is 0 Å². The Bertz CT molecular complexity index is 339. The fourth-order valence-electron chi connectivity index (χ4n) is 1.06. The van der Waals surface area contributed by atoms with E-state index in [1.54, 1.807) is 24.3 Å². The molecule has 0 saturated heterocycles. The van der Waals surface area contributed by atoms with E-state index in [0.717, 1.165) is 6.42 Å². The SMILES string of the molecule is CCC(N)COc1cccc(C(N)=O)c1. The molecule has 1 atom stereocenters. The third kappa shape index (κ3) is 3.59. The molecule has 0 heterocycles. The molecule has 1 aromatic carbocycles. The van der Waals surface area contributed by atoms with Gasteiger partial charge in [0.25, 0.3) is 0 Å². The van der Waals surface area contributed by atoms with E-state index in [9.17, 15) is 4.79 Å². The zero-order valence-electron chi connectivity index (χ0n) is 8.77. The molecule has 0 spiro atoms. The predicted octanol–water partition coefficient (Wildman–Crippen LogP) is 0.902. The van der Waals surface area contributed by atoms with E-state index in [4.69, 9.17) is 16.2 Å². The molecule has 4 nitrogen and oxygen atoms in total. The molecule has 82 valence electrons. The lowest BCUT2D eigenvalue weighted by Gasteiger charge is -2.11. The minimum absolute atomic E-state index is 0.0160. The Balaban J connectivity index is 2.62. The van der Waals surface area contributed by atoms with Gasteiger partial charge in [-0.3, -0.25) is 4.79 Å². The van der Waals surface area contributed by atoms with Crippen LogP contribution in [0.5, 0.6) is 5.75 Å². The summed E-state index contributed by atoms with van der Waals surface area (Å²) in [5, 5.41) is 0. The summed E-state index contributed by atoms with van der Waals surface area (Å²) in [5.74, 6) is 0.162. The molecule has 1 aromatic rings. The van der Waals surface area contributed by atoms with E-state index in [2.05, 4.69) is 0 Å². The van der Waals surface area contributed by atoms with Crippen LogP contribution < -0.4 is 16.2 Å². The van der Waals surface area contributed by atoms with Crippen molar-refractivity contribution < 1.29 is 9.53 Å². The number of benzene rings is 1. The highest BCUT2D eigenvalue weighted by molar-refractivity contribution is 5.93. The van der Waals surface area contributed by atoms with Crippen LogP contribution in [0.15, 0.2) is 24.3 Å². The summed E-state index contributed by atoms with van der Waals surface area (Å²) in [7, 11) is 0. The maximum atomic E-state index is 10.9. The highest BCUT2D eigenvalue weighted by atomic mass is 16.5. The van der Waals surface area contributed by atoms with Crippen LogP contribution in [-0.2, 0) is 0 Å². The first kappa shape index (κ1) is 11.5. The first-order chi connectivity index (χ1) is 7.13. The minimum Gasteiger partial charge on any atom is -0.492 e. The fraction of sp³-hybridized carbons (Fsp3) is 0.364. The van der Waals surface area contributed by atoms with Crippen molar-refractivity contribution in [2.45, 2.75) is 19.4 Å². The van der Waals surface area contributed by atoms with E-state index < -0.39 is 5.91 Å². The molecule has 0 radical (unpaired) electrons. The van der Waals surface area contributed by atoms with Crippen LogP contribution in [0.3, 0.4) is 0 Å². The summed E-state index contributed by atoms with van der Waals surface area (Å²) in [6, 6.07) is 6.78. The molecule has 0 saturated carbocycles. The second kappa shape index (κ2) is 5.36. The Morgan fingerprint density at radius 3 is 2.87 bits per heavy atom.